The molecule has 0 aliphatic heterocycles. The summed E-state index contributed by atoms with van der Waals surface area (Å²) in [6, 6.07) is 17.3. The van der Waals surface area contributed by atoms with Crippen molar-refractivity contribution < 1.29 is 4.79 Å². The molecule has 1 heterocycles. The average molecular weight is 288 g/mol. The van der Waals surface area contributed by atoms with Crippen LogP contribution in [0.3, 0.4) is 0 Å². The number of aromatic nitrogens is 1. The van der Waals surface area contributed by atoms with E-state index in [1.807, 2.05) is 62.4 Å². The third-order valence-electron chi connectivity index (χ3n) is 3.97. The maximum atomic E-state index is 12.9. The number of benzene rings is 2. The third kappa shape index (κ3) is 2.19. The molecule has 1 unspecified atom stereocenters. The highest BCUT2D eigenvalue weighted by Crippen LogP contribution is 2.31. The third-order valence-corrected chi connectivity index (χ3v) is 3.97. The minimum Gasteiger partial charge on any atom is -0.358 e. The number of fused-ring (bicyclic) bond motifs is 1. The summed E-state index contributed by atoms with van der Waals surface area (Å²) in [4.78, 5) is 16.2. The van der Waals surface area contributed by atoms with Crippen molar-refractivity contribution in [1.29, 1.82) is 5.26 Å². The van der Waals surface area contributed by atoms with E-state index in [2.05, 4.69) is 11.1 Å². The van der Waals surface area contributed by atoms with Gasteiger partial charge in [0.25, 0.3) is 0 Å². The highest BCUT2D eigenvalue weighted by Gasteiger charge is 2.21. The number of H-pyrrole nitrogens is 1. The van der Waals surface area contributed by atoms with Gasteiger partial charge in [0, 0.05) is 22.2 Å². The maximum Gasteiger partial charge on any atom is 0.195 e. The molecular weight excluding hydrogens is 272 g/mol. The minimum atomic E-state index is -0.263. The van der Waals surface area contributed by atoms with Crippen molar-refractivity contribution in [3.8, 4) is 6.07 Å². The lowest BCUT2D eigenvalue weighted by atomic mass is 9.92. The van der Waals surface area contributed by atoms with Crippen LogP contribution >= 0.6 is 0 Å². The lowest BCUT2D eigenvalue weighted by molar-refractivity contribution is 0.103. The Morgan fingerprint density at radius 2 is 1.86 bits per heavy atom. The predicted octanol–water partition coefficient (Wildman–Crippen LogP) is 4.33. The molecule has 1 atom stereocenters. The molecule has 0 radical (unpaired) electrons. The van der Waals surface area contributed by atoms with Gasteiger partial charge in [-0.05, 0) is 25.5 Å². The van der Waals surface area contributed by atoms with Crippen LogP contribution < -0.4 is 0 Å². The largest absolute Gasteiger partial charge is 0.358 e. The van der Waals surface area contributed by atoms with Gasteiger partial charge in [-0.2, -0.15) is 5.26 Å². The van der Waals surface area contributed by atoms with E-state index in [1.54, 1.807) is 0 Å². The fourth-order valence-electron chi connectivity index (χ4n) is 2.85. The molecule has 22 heavy (non-hydrogen) atoms. The number of rotatable bonds is 3. The normalized spacial score (nSPS) is 12.0. The molecule has 0 spiro atoms. The zero-order valence-corrected chi connectivity index (χ0v) is 12.6. The first-order valence-electron chi connectivity index (χ1n) is 7.24. The molecule has 0 bridgehead atoms. The summed E-state index contributed by atoms with van der Waals surface area (Å²) < 4.78 is 0. The number of aryl methyl sites for hydroxylation is 1. The Hall–Kier alpha value is -2.86. The molecule has 0 saturated heterocycles. The van der Waals surface area contributed by atoms with Crippen LogP contribution in [0.15, 0.2) is 48.5 Å². The molecule has 1 aromatic heterocycles. The molecule has 0 aliphatic carbocycles. The quantitative estimate of drug-likeness (QED) is 0.729. The standard InChI is InChI=1S/C19H16N2O/c1-12(11-20)15-9-6-10-16-18(15)17(13(2)21-16)19(22)14-7-4-3-5-8-14/h3-10,12,21H,1-2H3. The van der Waals surface area contributed by atoms with Crippen molar-refractivity contribution in [3.63, 3.8) is 0 Å². The van der Waals surface area contributed by atoms with Crippen LogP contribution in [-0.4, -0.2) is 10.8 Å². The molecular formula is C19H16N2O. The van der Waals surface area contributed by atoms with E-state index in [1.165, 1.54) is 0 Å². The predicted molar refractivity (Wildman–Crippen MR) is 86.9 cm³/mol. The Morgan fingerprint density at radius 1 is 1.14 bits per heavy atom. The van der Waals surface area contributed by atoms with Crippen LogP contribution in [0.25, 0.3) is 10.9 Å². The molecule has 0 aliphatic rings. The molecule has 108 valence electrons. The summed E-state index contributed by atoms with van der Waals surface area (Å²) in [5, 5.41) is 10.1. The van der Waals surface area contributed by atoms with Crippen molar-refractivity contribution in [1.82, 2.24) is 4.98 Å². The molecule has 3 heteroatoms. The first-order valence-corrected chi connectivity index (χ1v) is 7.24. The number of hydrogen-bond donors (Lipinski definition) is 1. The number of hydrogen-bond acceptors (Lipinski definition) is 2. The first kappa shape index (κ1) is 14.1. The molecule has 0 saturated carbocycles. The van der Waals surface area contributed by atoms with Gasteiger partial charge in [-0.25, -0.2) is 0 Å². The number of nitrogens with zero attached hydrogens (tertiary/aromatic N) is 1. The van der Waals surface area contributed by atoms with Gasteiger partial charge in [-0.1, -0.05) is 42.5 Å². The van der Waals surface area contributed by atoms with Crippen molar-refractivity contribution in [2.45, 2.75) is 19.8 Å². The fourth-order valence-corrected chi connectivity index (χ4v) is 2.85. The number of ketones is 1. The van der Waals surface area contributed by atoms with Gasteiger partial charge < -0.3 is 4.98 Å². The van der Waals surface area contributed by atoms with Crippen LogP contribution in [0.4, 0.5) is 0 Å². The highest BCUT2D eigenvalue weighted by atomic mass is 16.1. The summed E-state index contributed by atoms with van der Waals surface area (Å²) >= 11 is 0. The maximum absolute atomic E-state index is 12.9. The van der Waals surface area contributed by atoms with Crippen LogP contribution in [0.2, 0.25) is 0 Å². The first-order chi connectivity index (χ1) is 10.6. The van der Waals surface area contributed by atoms with E-state index < -0.39 is 0 Å². The van der Waals surface area contributed by atoms with Crippen molar-refractivity contribution >= 4 is 16.7 Å². The van der Waals surface area contributed by atoms with Gasteiger partial charge in [0.1, 0.15) is 0 Å². The number of aromatic amines is 1. The van der Waals surface area contributed by atoms with E-state index in [9.17, 15) is 10.1 Å². The Balaban J connectivity index is 2.28. The Bertz CT molecular complexity index is 885. The second kappa shape index (κ2) is 5.50. The lowest BCUT2D eigenvalue weighted by Gasteiger charge is -2.08. The van der Waals surface area contributed by atoms with Gasteiger partial charge in [0.15, 0.2) is 5.78 Å². The van der Waals surface area contributed by atoms with Crippen molar-refractivity contribution in [2.75, 3.05) is 0 Å². The lowest BCUT2D eigenvalue weighted by Crippen LogP contribution is -2.03. The van der Waals surface area contributed by atoms with Gasteiger partial charge >= 0.3 is 0 Å². The number of nitriles is 1. The Morgan fingerprint density at radius 3 is 2.55 bits per heavy atom. The smallest absolute Gasteiger partial charge is 0.195 e. The zero-order chi connectivity index (χ0) is 15.7. The highest BCUT2D eigenvalue weighted by molar-refractivity contribution is 6.18. The molecule has 0 amide bonds. The van der Waals surface area contributed by atoms with Crippen LogP contribution in [0.1, 0.15) is 40.0 Å². The fraction of sp³-hybridized carbons (Fsp3) is 0.158. The molecule has 3 rings (SSSR count). The monoisotopic (exact) mass is 288 g/mol. The molecule has 1 N–H and O–H groups in total. The van der Waals surface area contributed by atoms with Gasteiger partial charge in [-0.15, -0.1) is 0 Å². The number of carbonyl (C=O) groups is 1. The number of carbonyl (C=O) groups excluding carboxylic acids is 1. The van der Waals surface area contributed by atoms with E-state index in [-0.39, 0.29) is 11.7 Å². The van der Waals surface area contributed by atoms with Crippen LogP contribution in [-0.2, 0) is 0 Å². The average Bonchev–Trinajstić information content (AvgIpc) is 2.90. The van der Waals surface area contributed by atoms with Crippen LogP contribution in [0, 0.1) is 18.3 Å². The van der Waals surface area contributed by atoms with Gasteiger partial charge in [0.2, 0.25) is 0 Å². The van der Waals surface area contributed by atoms with E-state index in [4.69, 9.17) is 0 Å². The number of nitrogens with one attached hydrogen (secondary N) is 1. The van der Waals surface area contributed by atoms with E-state index >= 15 is 0 Å². The molecule has 0 fully saturated rings. The second-order valence-corrected chi connectivity index (χ2v) is 5.44. The van der Waals surface area contributed by atoms with Gasteiger partial charge in [-0.3, -0.25) is 4.79 Å². The SMILES string of the molecule is Cc1[nH]c2cccc(C(C)C#N)c2c1C(=O)c1ccccc1. The summed E-state index contributed by atoms with van der Waals surface area (Å²) in [7, 11) is 0. The second-order valence-electron chi connectivity index (χ2n) is 5.44. The molecule has 3 nitrogen and oxygen atoms in total. The summed E-state index contributed by atoms with van der Waals surface area (Å²) in [6.45, 7) is 3.75. The summed E-state index contributed by atoms with van der Waals surface area (Å²) in [6.07, 6.45) is 0. The van der Waals surface area contributed by atoms with E-state index in [0.29, 0.717) is 11.1 Å². The van der Waals surface area contributed by atoms with Crippen LogP contribution in [0.5, 0.6) is 0 Å². The van der Waals surface area contributed by atoms with Gasteiger partial charge in [0.05, 0.1) is 17.6 Å². The molecule has 2 aromatic carbocycles. The minimum absolute atomic E-state index is 0.0121. The topological polar surface area (TPSA) is 56.6 Å². The van der Waals surface area contributed by atoms with Crippen molar-refractivity contribution in [3.05, 3.63) is 70.9 Å². The Labute approximate surface area is 129 Å². The van der Waals surface area contributed by atoms with E-state index in [0.717, 1.165) is 22.2 Å². The zero-order valence-electron chi connectivity index (χ0n) is 12.6. The summed E-state index contributed by atoms with van der Waals surface area (Å²) in [5.74, 6) is -0.275. The Kier molecular flexibility index (Phi) is 3.52. The molecule has 3 aromatic rings. The summed E-state index contributed by atoms with van der Waals surface area (Å²) in [5.41, 5.74) is 3.95. The van der Waals surface area contributed by atoms with Crippen molar-refractivity contribution in [2.24, 2.45) is 0 Å².